The van der Waals surface area contributed by atoms with Crippen LogP contribution in [0, 0.1) is 0 Å². The highest BCUT2D eigenvalue weighted by Crippen LogP contribution is 2.36. The van der Waals surface area contributed by atoms with Crippen LogP contribution in [0.5, 0.6) is 5.75 Å². The molecule has 32 heavy (non-hydrogen) atoms. The summed E-state index contributed by atoms with van der Waals surface area (Å²) in [5.74, 6) is -0.243. The molecule has 1 N–H and O–H groups in total. The number of hydrogen-bond donors (Lipinski definition) is 1. The number of amides is 1. The lowest BCUT2D eigenvalue weighted by atomic mass is 10.2. The number of nitrogens with one attached hydrogen (secondary N) is 1. The van der Waals surface area contributed by atoms with Crippen LogP contribution in [0.2, 0.25) is 0 Å². The number of carbonyl (C=O) groups excluding carboxylic acids is 1. The average molecular weight is 453 g/mol. The molecule has 1 aliphatic rings. The fourth-order valence-corrected chi connectivity index (χ4v) is 5.18. The van der Waals surface area contributed by atoms with Crippen molar-refractivity contribution < 1.29 is 22.7 Å². The molecule has 0 saturated carbocycles. The molecule has 0 saturated heterocycles. The molecule has 8 heteroatoms. The van der Waals surface area contributed by atoms with Crippen LogP contribution < -0.4 is 14.4 Å². The van der Waals surface area contributed by atoms with Gasteiger partial charge in [-0.15, -0.1) is 0 Å². The fraction of sp³-hybridized carbons (Fsp3) is 0.208. The number of methoxy groups -OCH3 is 1. The minimum Gasteiger partial charge on any atom is -0.476 e. The Kier molecular flexibility index (Phi) is 6.43. The first-order valence-corrected chi connectivity index (χ1v) is 11.8. The Morgan fingerprint density at radius 3 is 2.53 bits per heavy atom. The van der Waals surface area contributed by atoms with Crippen LogP contribution in [0.25, 0.3) is 0 Å². The molecule has 1 amide bonds. The van der Waals surface area contributed by atoms with Crippen LogP contribution in [0.1, 0.15) is 11.1 Å². The van der Waals surface area contributed by atoms with Crippen molar-refractivity contribution in [2.45, 2.75) is 18.5 Å². The van der Waals surface area contributed by atoms with E-state index < -0.39 is 22.0 Å². The Bertz CT molecular complexity index is 1200. The molecule has 0 unspecified atom stereocenters. The Morgan fingerprint density at radius 1 is 1.03 bits per heavy atom. The summed E-state index contributed by atoms with van der Waals surface area (Å²) in [6.45, 7) is 0.304. The first-order valence-electron chi connectivity index (χ1n) is 10.1. The van der Waals surface area contributed by atoms with E-state index in [4.69, 9.17) is 9.47 Å². The van der Waals surface area contributed by atoms with Crippen molar-refractivity contribution in [3.8, 4) is 5.75 Å². The molecule has 3 aromatic rings. The van der Waals surface area contributed by atoms with Gasteiger partial charge >= 0.3 is 0 Å². The van der Waals surface area contributed by atoms with Gasteiger partial charge in [0.1, 0.15) is 5.75 Å². The van der Waals surface area contributed by atoms with Gasteiger partial charge in [0.15, 0.2) is 6.10 Å². The van der Waals surface area contributed by atoms with Crippen molar-refractivity contribution in [1.29, 1.82) is 0 Å². The summed E-state index contributed by atoms with van der Waals surface area (Å²) >= 11 is 0. The number of para-hydroxylation sites is 2. The van der Waals surface area contributed by atoms with E-state index >= 15 is 0 Å². The van der Waals surface area contributed by atoms with Crippen LogP contribution in [-0.2, 0) is 31.9 Å². The predicted molar refractivity (Wildman–Crippen MR) is 123 cm³/mol. The molecular weight excluding hydrogens is 428 g/mol. The van der Waals surface area contributed by atoms with E-state index in [1.807, 2.05) is 24.3 Å². The SMILES string of the molecule is COCc1cccc(NC(=O)[C@@H]2CN(S(=O)(=O)Cc3ccccc3)c3ccccc3O2)c1. The lowest BCUT2D eigenvalue weighted by Crippen LogP contribution is -2.49. The van der Waals surface area contributed by atoms with E-state index in [1.165, 1.54) is 4.31 Å². The molecule has 3 aromatic carbocycles. The third-order valence-electron chi connectivity index (χ3n) is 5.06. The first kappa shape index (κ1) is 21.9. The van der Waals surface area contributed by atoms with Crippen molar-refractivity contribution in [2.24, 2.45) is 0 Å². The minimum absolute atomic E-state index is 0.115. The molecular formula is C24H24N2O5S. The van der Waals surface area contributed by atoms with Crippen LogP contribution in [0.15, 0.2) is 78.9 Å². The second-order valence-corrected chi connectivity index (χ2v) is 9.36. The largest absolute Gasteiger partial charge is 0.476 e. The van der Waals surface area contributed by atoms with Gasteiger partial charge in [-0.25, -0.2) is 8.42 Å². The molecule has 1 heterocycles. The summed E-state index contributed by atoms with van der Waals surface area (Å²) in [5.41, 5.74) is 2.60. The van der Waals surface area contributed by atoms with Crippen LogP contribution in [0.4, 0.5) is 11.4 Å². The van der Waals surface area contributed by atoms with Crippen molar-refractivity contribution in [2.75, 3.05) is 23.3 Å². The Morgan fingerprint density at radius 2 is 1.75 bits per heavy atom. The monoisotopic (exact) mass is 452 g/mol. The molecule has 0 fully saturated rings. The topological polar surface area (TPSA) is 84.9 Å². The number of hydrogen-bond acceptors (Lipinski definition) is 5. The van der Waals surface area contributed by atoms with E-state index in [1.54, 1.807) is 61.7 Å². The summed E-state index contributed by atoms with van der Waals surface area (Å²) in [6, 6.07) is 23.1. The normalized spacial score (nSPS) is 15.5. The summed E-state index contributed by atoms with van der Waals surface area (Å²) < 4.78 is 38.8. The number of sulfonamides is 1. The number of benzene rings is 3. The van der Waals surface area contributed by atoms with Crippen LogP contribution in [0.3, 0.4) is 0 Å². The summed E-state index contributed by atoms with van der Waals surface area (Å²) in [6.07, 6.45) is -0.999. The van der Waals surface area contributed by atoms with Crippen molar-refractivity contribution in [3.63, 3.8) is 0 Å². The van der Waals surface area contributed by atoms with Gasteiger partial charge in [0.25, 0.3) is 5.91 Å². The highest BCUT2D eigenvalue weighted by atomic mass is 32.2. The Hall–Kier alpha value is -3.36. The second kappa shape index (κ2) is 9.42. The van der Waals surface area contributed by atoms with Crippen molar-refractivity contribution >= 4 is 27.3 Å². The van der Waals surface area contributed by atoms with E-state index in [0.717, 1.165) is 5.56 Å². The number of rotatable bonds is 7. The van der Waals surface area contributed by atoms with Gasteiger partial charge in [-0.3, -0.25) is 9.10 Å². The maximum absolute atomic E-state index is 13.3. The van der Waals surface area contributed by atoms with Gasteiger partial charge in [-0.1, -0.05) is 54.6 Å². The standard InChI is InChI=1S/C24H24N2O5S/c1-30-16-19-10-7-11-20(14-19)25-24(27)23-15-26(21-12-5-6-13-22(21)31-23)32(28,29)17-18-8-3-2-4-9-18/h2-14,23H,15-17H2,1H3,(H,25,27)/t23-/m0/s1. The average Bonchev–Trinajstić information content (AvgIpc) is 2.79. The number of anilines is 2. The van der Waals surface area contributed by atoms with Gasteiger partial charge < -0.3 is 14.8 Å². The predicted octanol–water partition coefficient (Wildman–Crippen LogP) is 3.57. The van der Waals surface area contributed by atoms with Gasteiger partial charge in [0, 0.05) is 12.8 Å². The number of carbonyl (C=O) groups is 1. The highest BCUT2D eigenvalue weighted by molar-refractivity contribution is 7.92. The zero-order chi connectivity index (χ0) is 22.6. The molecule has 1 atom stereocenters. The fourth-order valence-electron chi connectivity index (χ4n) is 3.59. The summed E-state index contributed by atoms with van der Waals surface area (Å²) in [4.78, 5) is 13.0. The Balaban J connectivity index is 1.58. The smallest absolute Gasteiger partial charge is 0.267 e. The number of fused-ring (bicyclic) bond motifs is 1. The first-order chi connectivity index (χ1) is 15.5. The maximum Gasteiger partial charge on any atom is 0.267 e. The lowest BCUT2D eigenvalue weighted by Gasteiger charge is -2.34. The van der Waals surface area contributed by atoms with Crippen LogP contribution >= 0.6 is 0 Å². The molecule has 0 bridgehead atoms. The molecule has 1 aliphatic heterocycles. The third-order valence-corrected chi connectivity index (χ3v) is 6.78. The van der Waals surface area contributed by atoms with Gasteiger partial charge in [0.05, 0.1) is 24.6 Å². The maximum atomic E-state index is 13.3. The zero-order valence-electron chi connectivity index (χ0n) is 17.6. The lowest BCUT2D eigenvalue weighted by molar-refractivity contribution is -0.122. The van der Waals surface area contributed by atoms with Gasteiger partial charge in [-0.05, 0) is 35.4 Å². The second-order valence-electron chi connectivity index (χ2n) is 7.47. The Labute approximate surface area is 187 Å². The minimum atomic E-state index is -3.75. The molecule has 4 rings (SSSR count). The molecule has 7 nitrogen and oxygen atoms in total. The van der Waals surface area contributed by atoms with Gasteiger partial charge in [-0.2, -0.15) is 0 Å². The van der Waals surface area contributed by atoms with E-state index in [-0.39, 0.29) is 12.3 Å². The highest BCUT2D eigenvalue weighted by Gasteiger charge is 2.36. The van der Waals surface area contributed by atoms with E-state index in [0.29, 0.717) is 29.3 Å². The molecule has 0 aromatic heterocycles. The number of ether oxygens (including phenoxy) is 2. The van der Waals surface area contributed by atoms with E-state index in [2.05, 4.69) is 5.32 Å². The third kappa shape index (κ3) is 4.92. The number of nitrogens with zero attached hydrogens (tertiary/aromatic N) is 1. The van der Waals surface area contributed by atoms with Crippen molar-refractivity contribution in [1.82, 2.24) is 0 Å². The quantitative estimate of drug-likeness (QED) is 0.592. The molecule has 166 valence electrons. The van der Waals surface area contributed by atoms with Crippen molar-refractivity contribution in [3.05, 3.63) is 90.0 Å². The van der Waals surface area contributed by atoms with Gasteiger partial charge in [0.2, 0.25) is 10.0 Å². The molecule has 0 radical (unpaired) electrons. The van der Waals surface area contributed by atoms with Crippen LogP contribution in [-0.4, -0.2) is 34.1 Å². The molecule has 0 aliphatic carbocycles. The summed E-state index contributed by atoms with van der Waals surface area (Å²) in [7, 11) is -2.15. The molecule has 0 spiro atoms. The van der Waals surface area contributed by atoms with E-state index in [9.17, 15) is 13.2 Å². The summed E-state index contributed by atoms with van der Waals surface area (Å²) in [5, 5.41) is 2.82. The zero-order valence-corrected chi connectivity index (χ0v) is 18.4.